The van der Waals surface area contributed by atoms with Crippen molar-refractivity contribution < 1.29 is 26.3 Å². The van der Waals surface area contributed by atoms with E-state index in [1.54, 1.807) is 0 Å². The first kappa shape index (κ1) is 19.4. The first-order chi connectivity index (χ1) is 11.4. The van der Waals surface area contributed by atoms with Crippen molar-refractivity contribution >= 4 is 15.9 Å². The number of aromatic nitrogens is 1. The molecule has 134 valence electrons. The second kappa shape index (κ2) is 6.41. The molecule has 1 aromatic carbocycles. The lowest BCUT2D eigenvalue weighted by molar-refractivity contribution is -0.161. The molecule has 0 aliphatic rings. The molecule has 25 heavy (non-hydrogen) atoms. The summed E-state index contributed by atoms with van der Waals surface area (Å²) in [4.78, 5) is 0. The molecule has 0 saturated carbocycles. The van der Waals surface area contributed by atoms with Gasteiger partial charge in [-0.2, -0.15) is 31.6 Å². The molecule has 1 aromatic heterocycles. The van der Waals surface area contributed by atoms with Gasteiger partial charge in [-0.25, -0.2) is 0 Å². The van der Waals surface area contributed by atoms with Gasteiger partial charge in [0.2, 0.25) is 0 Å². The molecule has 0 bridgehead atoms. The third kappa shape index (κ3) is 3.54. The molecule has 0 radical (unpaired) electrons. The molecule has 2 aromatic rings. The molecule has 9 heteroatoms. The van der Waals surface area contributed by atoms with Gasteiger partial charge in [0, 0.05) is 10.5 Å². The molecule has 0 aliphatic heterocycles. The molecular formula is C16H11BrF6N2. The monoisotopic (exact) mass is 424 g/mol. The van der Waals surface area contributed by atoms with E-state index in [0.29, 0.717) is 4.47 Å². The Morgan fingerprint density at radius 1 is 0.960 bits per heavy atom. The summed E-state index contributed by atoms with van der Waals surface area (Å²) in [5, 5.41) is 9.16. The van der Waals surface area contributed by atoms with Gasteiger partial charge in [-0.15, -0.1) is 0 Å². The van der Waals surface area contributed by atoms with E-state index in [1.807, 2.05) is 0 Å². The van der Waals surface area contributed by atoms with E-state index in [1.165, 1.54) is 44.2 Å². The highest BCUT2D eigenvalue weighted by atomic mass is 79.9. The summed E-state index contributed by atoms with van der Waals surface area (Å²) in [7, 11) is 0. The van der Waals surface area contributed by atoms with Crippen LogP contribution in [0.2, 0.25) is 0 Å². The minimum Gasteiger partial charge on any atom is -0.329 e. The van der Waals surface area contributed by atoms with Crippen LogP contribution in [0, 0.1) is 11.3 Å². The number of nitrogens with zero attached hydrogens (tertiary/aromatic N) is 2. The van der Waals surface area contributed by atoms with Crippen LogP contribution in [0.4, 0.5) is 26.3 Å². The molecule has 2 rings (SSSR count). The highest BCUT2D eigenvalue weighted by molar-refractivity contribution is 9.10. The fraction of sp³-hybridized carbons (Fsp3) is 0.312. The van der Waals surface area contributed by atoms with Crippen LogP contribution in [0.3, 0.4) is 0 Å². The molecule has 0 N–H and O–H groups in total. The summed E-state index contributed by atoms with van der Waals surface area (Å²) in [6.07, 6.45) is -10.6. The summed E-state index contributed by atoms with van der Waals surface area (Å²) in [5.41, 5.74) is -5.57. The fourth-order valence-corrected chi connectivity index (χ4v) is 2.92. The minimum absolute atomic E-state index is 0.0591. The molecule has 2 nitrogen and oxygen atoms in total. The Morgan fingerprint density at radius 2 is 1.44 bits per heavy atom. The van der Waals surface area contributed by atoms with Gasteiger partial charge in [-0.1, -0.05) is 28.1 Å². The predicted molar refractivity (Wildman–Crippen MR) is 82.7 cm³/mol. The van der Waals surface area contributed by atoms with E-state index in [0.717, 1.165) is 4.57 Å². The Bertz CT molecular complexity index is 823. The number of hydrogen-bond donors (Lipinski definition) is 0. The lowest BCUT2D eigenvalue weighted by Gasteiger charge is -2.17. The molecule has 1 heterocycles. The van der Waals surface area contributed by atoms with Crippen molar-refractivity contribution in [2.45, 2.75) is 32.2 Å². The largest absolute Gasteiger partial charge is 0.419 e. The van der Waals surface area contributed by atoms with Crippen molar-refractivity contribution in [3.05, 3.63) is 45.6 Å². The third-order valence-electron chi connectivity index (χ3n) is 3.51. The number of halogens is 7. The normalized spacial score (nSPS) is 12.5. The quantitative estimate of drug-likeness (QED) is 0.512. The molecular weight excluding hydrogens is 414 g/mol. The topological polar surface area (TPSA) is 28.7 Å². The second-order valence-corrected chi connectivity index (χ2v) is 6.44. The maximum atomic E-state index is 13.6. The summed E-state index contributed by atoms with van der Waals surface area (Å²) < 4.78 is 82.2. The van der Waals surface area contributed by atoms with E-state index in [9.17, 15) is 26.3 Å². The van der Waals surface area contributed by atoms with Crippen LogP contribution in [0.5, 0.6) is 0 Å². The third-order valence-corrected chi connectivity index (χ3v) is 4.04. The van der Waals surface area contributed by atoms with Gasteiger partial charge in [0.15, 0.2) is 0 Å². The van der Waals surface area contributed by atoms with Crippen molar-refractivity contribution in [1.82, 2.24) is 4.57 Å². The SMILES string of the molecule is CC(C)n1c(C#N)c(C(F)(F)F)c(C(F)(F)F)c1-c1ccc(Br)cc1. The Hall–Kier alpha value is -1.95. The number of hydrogen-bond acceptors (Lipinski definition) is 1. The van der Waals surface area contributed by atoms with Crippen molar-refractivity contribution in [1.29, 1.82) is 5.26 Å². The Morgan fingerprint density at radius 3 is 1.80 bits per heavy atom. The summed E-state index contributed by atoms with van der Waals surface area (Å²) in [6.45, 7) is 2.84. The zero-order valence-corrected chi connectivity index (χ0v) is 14.5. The van der Waals surface area contributed by atoms with E-state index < -0.39 is 40.9 Å². The molecule has 0 fully saturated rings. The molecule has 0 aliphatic carbocycles. The number of alkyl halides is 6. The lowest BCUT2D eigenvalue weighted by Crippen LogP contribution is -2.16. The predicted octanol–water partition coefficient (Wildman–Crippen LogP) is 6.41. The van der Waals surface area contributed by atoms with Gasteiger partial charge in [0.25, 0.3) is 0 Å². The summed E-state index contributed by atoms with van der Waals surface area (Å²) >= 11 is 3.13. The zero-order valence-electron chi connectivity index (χ0n) is 12.9. The second-order valence-electron chi connectivity index (χ2n) is 5.53. The molecule has 0 unspecified atom stereocenters. The molecule has 0 saturated heterocycles. The molecule has 0 spiro atoms. The van der Waals surface area contributed by atoms with Crippen LogP contribution >= 0.6 is 15.9 Å². The van der Waals surface area contributed by atoms with E-state index in [4.69, 9.17) is 5.26 Å². The maximum absolute atomic E-state index is 13.6. The van der Waals surface area contributed by atoms with Gasteiger partial charge >= 0.3 is 12.4 Å². The van der Waals surface area contributed by atoms with E-state index in [2.05, 4.69) is 15.9 Å². The Labute approximate surface area is 147 Å². The Balaban J connectivity index is 3.06. The summed E-state index contributed by atoms with van der Waals surface area (Å²) in [5.74, 6) is 0. The first-order valence-corrected chi connectivity index (χ1v) is 7.77. The number of benzene rings is 1. The maximum Gasteiger partial charge on any atom is 0.419 e. The van der Waals surface area contributed by atoms with Crippen LogP contribution in [0.25, 0.3) is 11.3 Å². The van der Waals surface area contributed by atoms with Crippen LogP contribution < -0.4 is 0 Å². The van der Waals surface area contributed by atoms with Crippen molar-refractivity contribution in [3.8, 4) is 17.3 Å². The average Bonchev–Trinajstić information content (AvgIpc) is 2.83. The van der Waals surface area contributed by atoms with Crippen molar-refractivity contribution in [2.24, 2.45) is 0 Å². The standard InChI is InChI=1S/C16H11BrF6N2/c1-8(2)25-11(7-24)12(15(18,19)20)13(16(21,22)23)14(25)9-3-5-10(17)6-4-9/h3-6,8H,1-2H3. The summed E-state index contributed by atoms with van der Waals surface area (Å²) in [6, 6.07) is 5.90. The van der Waals surface area contributed by atoms with Gasteiger partial charge in [0.1, 0.15) is 17.3 Å². The van der Waals surface area contributed by atoms with E-state index in [-0.39, 0.29) is 5.56 Å². The van der Waals surface area contributed by atoms with Crippen LogP contribution in [0.15, 0.2) is 28.7 Å². The van der Waals surface area contributed by atoms with Crippen LogP contribution in [-0.4, -0.2) is 4.57 Å². The zero-order chi connectivity index (χ0) is 19.2. The first-order valence-electron chi connectivity index (χ1n) is 6.98. The van der Waals surface area contributed by atoms with Crippen LogP contribution in [-0.2, 0) is 12.4 Å². The minimum atomic E-state index is -5.32. The van der Waals surface area contributed by atoms with E-state index >= 15 is 0 Å². The van der Waals surface area contributed by atoms with Crippen molar-refractivity contribution in [2.75, 3.05) is 0 Å². The average molecular weight is 425 g/mol. The molecule has 0 atom stereocenters. The van der Waals surface area contributed by atoms with Gasteiger partial charge in [0.05, 0.1) is 11.3 Å². The van der Waals surface area contributed by atoms with Crippen LogP contribution in [0.1, 0.15) is 36.7 Å². The van der Waals surface area contributed by atoms with Gasteiger partial charge < -0.3 is 4.57 Å². The van der Waals surface area contributed by atoms with Crippen molar-refractivity contribution in [3.63, 3.8) is 0 Å². The number of rotatable bonds is 2. The van der Waals surface area contributed by atoms with Gasteiger partial charge in [-0.05, 0) is 31.5 Å². The smallest absolute Gasteiger partial charge is 0.329 e. The fourth-order valence-electron chi connectivity index (χ4n) is 2.66. The van der Waals surface area contributed by atoms with Gasteiger partial charge in [-0.3, -0.25) is 0 Å². The highest BCUT2D eigenvalue weighted by Gasteiger charge is 2.50. The lowest BCUT2D eigenvalue weighted by atomic mass is 10.0. The number of nitriles is 1. The Kier molecular flexibility index (Phi) is 4.97. The molecule has 0 amide bonds. The highest BCUT2D eigenvalue weighted by Crippen LogP contribution is 2.49.